The predicted octanol–water partition coefficient (Wildman–Crippen LogP) is 2.92. The second kappa shape index (κ2) is 5.93. The van der Waals surface area contributed by atoms with Crippen LogP contribution in [0.5, 0.6) is 6.01 Å². The van der Waals surface area contributed by atoms with E-state index >= 15 is 0 Å². The van der Waals surface area contributed by atoms with Gasteiger partial charge in [0.25, 0.3) is 0 Å². The molecule has 0 aliphatic rings. The van der Waals surface area contributed by atoms with Crippen LogP contribution in [0.25, 0.3) is 11.1 Å². The maximum Gasteiger partial charge on any atom is 0.317 e. The summed E-state index contributed by atoms with van der Waals surface area (Å²) in [7, 11) is 0. The molecule has 20 heavy (non-hydrogen) atoms. The maximum absolute atomic E-state index is 5.47. The van der Waals surface area contributed by atoms with Gasteiger partial charge in [-0.25, -0.2) is 4.98 Å². The number of pyridine rings is 1. The van der Waals surface area contributed by atoms with Crippen LogP contribution in [0.4, 0.5) is 0 Å². The lowest BCUT2D eigenvalue weighted by molar-refractivity contribution is 0.280. The fourth-order valence-corrected chi connectivity index (χ4v) is 1.80. The van der Waals surface area contributed by atoms with Gasteiger partial charge in [0.2, 0.25) is 0 Å². The van der Waals surface area contributed by atoms with Crippen LogP contribution in [0, 0.1) is 6.20 Å². The van der Waals surface area contributed by atoms with Crippen LogP contribution < -0.4 is 4.74 Å². The van der Waals surface area contributed by atoms with Crippen LogP contribution >= 0.6 is 0 Å². The van der Waals surface area contributed by atoms with Gasteiger partial charge in [0.15, 0.2) is 0 Å². The predicted molar refractivity (Wildman–Crippen MR) is 74.9 cm³/mol. The molecule has 0 spiro atoms. The van der Waals surface area contributed by atoms with Gasteiger partial charge in [0.05, 0.1) is 6.20 Å². The van der Waals surface area contributed by atoms with Crippen LogP contribution in [-0.4, -0.2) is 15.0 Å². The summed E-state index contributed by atoms with van der Waals surface area (Å²) in [5.74, 6) is 0. The average molecular weight is 262 g/mol. The van der Waals surface area contributed by atoms with E-state index in [0.29, 0.717) is 12.6 Å². The summed E-state index contributed by atoms with van der Waals surface area (Å²) in [6.07, 6.45) is 7.90. The normalized spacial score (nSPS) is 10.2. The molecule has 0 amide bonds. The highest BCUT2D eigenvalue weighted by molar-refractivity contribution is 5.62. The Morgan fingerprint density at radius 3 is 2.60 bits per heavy atom. The molecule has 3 aromatic rings. The molecule has 0 saturated heterocycles. The van der Waals surface area contributed by atoms with E-state index in [1.165, 1.54) is 0 Å². The summed E-state index contributed by atoms with van der Waals surface area (Å²) in [5, 5.41) is 0. The summed E-state index contributed by atoms with van der Waals surface area (Å²) in [4.78, 5) is 12.0. The van der Waals surface area contributed by atoms with Crippen molar-refractivity contribution in [3.8, 4) is 17.1 Å². The molecule has 0 aliphatic carbocycles. The zero-order valence-corrected chi connectivity index (χ0v) is 10.7. The van der Waals surface area contributed by atoms with Crippen LogP contribution in [0.1, 0.15) is 5.56 Å². The van der Waals surface area contributed by atoms with Crippen molar-refractivity contribution in [1.82, 2.24) is 15.0 Å². The van der Waals surface area contributed by atoms with Gasteiger partial charge in [-0.15, -0.1) is 0 Å². The van der Waals surface area contributed by atoms with E-state index < -0.39 is 0 Å². The van der Waals surface area contributed by atoms with Gasteiger partial charge >= 0.3 is 6.01 Å². The first-order chi connectivity index (χ1) is 9.92. The Morgan fingerprint density at radius 2 is 1.90 bits per heavy atom. The molecule has 0 unspecified atom stereocenters. The molecule has 0 atom stereocenters. The van der Waals surface area contributed by atoms with Gasteiger partial charge in [-0.3, -0.25) is 4.98 Å². The van der Waals surface area contributed by atoms with Gasteiger partial charge < -0.3 is 4.74 Å². The first kappa shape index (κ1) is 12.3. The molecule has 1 radical (unpaired) electrons. The SMILES string of the molecule is [c]1ccnc(OCc2ccc(-c3cccnc3)cc2)n1. The number of nitrogens with zero attached hydrogens (tertiary/aromatic N) is 3. The monoisotopic (exact) mass is 262 g/mol. The molecule has 0 aliphatic heterocycles. The summed E-state index contributed by atoms with van der Waals surface area (Å²) in [6, 6.07) is 14.1. The van der Waals surface area contributed by atoms with Gasteiger partial charge in [-0.2, -0.15) is 4.98 Å². The van der Waals surface area contributed by atoms with E-state index in [-0.39, 0.29) is 0 Å². The standard InChI is InChI=1S/C16H12N3O/c1-3-15(11-17-8-1)14-6-4-13(5-7-14)12-20-16-18-9-2-10-19-16/h1-9,11H,12H2. The van der Waals surface area contributed by atoms with E-state index in [1.807, 2.05) is 42.6 Å². The van der Waals surface area contributed by atoms with Crippen molar-refractivity contribution < 1.29 is 4.74 Å². The van der Waals surface area contributed by atoms with E-state index in [1.54, 1.807) is 18.5 Å². The van der Waals surface area contributed by atoms with Crippen molar-refractivity contribution in [2.75, 3.05) is 0 Å². The first-order valence-corrected chi connectivity index (χ1v) is 6.23. The molecule has 97 valence electrons. The molecule has 4 heteroatoms. The van der Waals surface area contributed by atoms with Crippen LogP contribution in [-0.2, 0) is 6.61 Å². The van der Waals surface area contributed by atoms with E-state index in [9.17, 15) is 0 Å². The summed E-state index contributed by atoms with van der Waals surface area (Å²) < 4.78 is 5.47. The van der Waals surface area contributed by atoms with E-state index in [2.05, 4.69) is 21.1 Å². The third-order valence-electron chi connectivity index (χ3n) is 2.81. The molecular formula is C16H12N3O. The smallest absolute Gasteiger partial charge is 0.317 e. The summed E-state index contributed by atoms with van der Waals surface area (Å²) in [6.45, 7) is 0.436. The zero-order valence-electron chi connectivity index (χ0n) is 10.7. The molecule has 0 bridgehead atoms. The third-order valence-corrected chi connectivity index (χ3v) is 2.81. The van der Waals surface area contributed by atoms with Crippen LogP contribution in [0.2, 0.25) is 0 Å². The average Bonchev–Trinajstić information content (AvgIpc) is 2.55. The van der Waals surface area contributed by atoms with Crippen molar-refractivity contribution in [2.24, 2.45) is 0 Å². The molecule has 0 saturated carbocycles. The molecule has 0 N–H and O–H groups in total. The highest BCUT2D eigenvalue weighted by Crippen LogP contribution is 2.18. The van der Waals surface area contributed by atoms with Crippen molar-refractivity contribution in [2.45, 2.75) is 6.61 Å². The van der Waals surface area contributed by atoms with Gasteiger partial charge in [0.1, 0.15) is 6.61 Å². The number of hydrogen-bond acceptors (Lipinski definition) is 4. The number of ether oxygens (including phenoxy) is 1. The van der Waals surface area contributed by atoms with Crippen molar-refractivity contribution in [1.29, 1.82) is 0 Å². The highest BCUT2D eigenvalue weighted by Gasteiger charge is 2.00. The Morgan fingerprint density at radius 1 is 1.00 bits per heavy atom. The number of hydrogen-bond donors (Lipinski definition) is 0. The molecule has 0 fully saturated rings. The first-order valence-electron chi connectivity index (χ1n) is 6.23. The van der Waals surface area contributed by atoms with Crippen LogP contribution in [0.15, 0.2) is 61.1 Å². The van der Waals surface area contributed by atoms with Crippen molar-refractivity contribution in [3.63, 3.8) is 0 Å². The largest absolute Gasteiger partial charge is 0.459 e. The molecule has 1 aromatic carbocycles. The summed E-state index contributed by atoms with van der Waals surface area (Å²) >= 11 is 0. The Bertz CT molecular complexity index is 654. The van der Waals surface area contributed by atoms with Gasteiger partial charge in [-0.05, 0) is 28.8 Å². The lowest BCUT2D eigenvalue weighted by atomic mass is 10.1. The fraction of sp³-hybridized carbons (Fsp3) is 0.0625. The summed E-state index contributed by atoms with van der Waals surface area (Å²) in [5.41, 5.74) is 3.29. The molecule has 3 rings (SSSR count). The highest BCUT2D eigenvalue weighted by atomic mass is 16.5. The molecule has 4 nitrogen and oxygen atoms in total. The lowest BCUT2D eigenvalue weighted by Gasteiger charge is -2.05. The quantitative estimate of drug-likeness (QED) is 0.725. The van der Waals surface area contributed by atoms with E-state index in [4.69, 9.17) is 4.74 Å². The molecule has 2 heterocycles. The fourth-order valence-electron chi connectivity index (χ4n) is 1.80. The number of rotatable bonds is 4. The minimum atomic E-state index is 0.337. The second-order valence-corrected chi connectivity index (χ2v) is 4.20. The second-order valence-electron chi connectivity index (χ2n) is 4.20. The number of aromatic nitrogens is 3. The molecular weight excluding hydrogens is 250 g/mol. The Kier molecular flexibility index (Phi) is 3.64. The topological polar surface area (TPSA) is 47.9 Å². The zero-order chi connectivity index (χ0) is 13.6. The van der Waals surface area contributed by atoms with Crippen molar-refractivity contribution in [3.05, 3.63) is 72.8 Å². The van der Waals surface area contributed by atoms with Crippen LogP contribution in [0.3, 0.4) is 0 Å². The van der Waals surface area contributed by atoms with Gasteiger partial charge in [0, 0.05) is 18.6 Å². The van der Waals surface area contributed by atoms with Gasteiger partial charge in [-0.1, -0.05) is 30.3 Å². The molecule has 2 aromatic heterocycles. The maximum atomic E-state index is 5.47. The lowest BCUT2D eigenvalue weighted by Crippen LogP contribution is -1.98. The Balaban J connectivity index is 1.68. The Labute approximate surface area is 117 Å². The van der Waals surface area contributed by atoms with Crippen molar-refractivity contribution >= 4 is 0 Å². The minimum absolute atomic E-state index is 0.337. The minimum Gasteiger partial charge on any atom is -0.459 e. The number of benzene rings is 1. The third kappa shape index (κ3) is 2.98. The Hall–Kier alpha value is -2.75. The van der Waals surface area contributed by atoms with E-state index in [0.717, 1.165) is 16.7 Å².